The molecule has 2 saturated heterocycles. The molecule has 0 bridgehead atoms. The van der Waals surface area contributed by atoms with E-state index >= 15 is 0 Å². The maximum Gasteiger partial charge on any atom is 0.223 e. The first-order valence-corrected chi connectivity index (χ1v) is 27.3. The predicted molar refractivity (Wildman–Crippen MR) is 279 cm³/mol. The highest BCUT2D eigenvalue weighted by Crippen LogP contribution is 2.40. The normalized spacial score (nSPS) is 20.5. The summed E-state index contributed by atoms with van der Waals surface area (Å²) in [5.41, 5.74) is 4.54. The van der Waals surface area contributed by atoms with Gasteiger partial charge in [-0.25, -0.2) is 0 Å². The fraction of sp³-hybridized carbons (Fsp3) is 0.552. The van der Waals surface area contributed by atoms with Crippen LogP contribution in [0.3, 0.4) is 0 Å². The summed E-state index contributed by atoms with van der Waals surface area (Å²) in [6.07, 6.45) is 21.2. The Hall–Kier alpha value is -5.30. The van der Waals surface area contributed by atoms with Crippen molar-refractivity contribution < 1.29 is 47.5 Å². The minimum Gasteiger partial charge on any atom is -0.493 e. The molecule has 6 aliphatic rings. The van der Waals surface area contributed by atoms with E-state index in [2.05, 4.69) is 39.4 Å². The van der Waals surface area contributed by atoms with E-state index in [1.165, 1.54) is 69.8 Å². The molecule has 2 amide bonds. The van der Waals surface area contributed by atoms with Gasteiger partial charge >= 0.3 is 0 Å². The SMILES string of the molecule is COc1cc(CBr)ccc1OC1CCCC1.COc1cc(CN2CC(c3ccc(OC)c(OC4CCCC4)c3)CC2=O)ccc1OC1CCCC1.COc1ccc(C2CNC(=O)C2)cc1OC1CCCC1. The Bertz CT molecular complexity index is 2350. The van der Waals surface area contributed by atoms with Crippen LogP contribution in [-0.4, -0.2) is 82.7 Å². The van der Waals surface area contributed by atoms with Crippen LogP contribution in [0.4, 0.5) is 0 Å². The van der Waals surface area contributed by atoms with Crippen LogP contribution >= 0.6 is 15.9 Å². The molecule has 0 radical (unpaired) electrons. The molecule has 4 aliphatic carbocycles. The fourth-order valence-corrected chi connectivity index (χ4v) is 11.2. The summed E-state index contributed by atoms with van der Waals surface area (Å²) in [6, 6.07) is 24.3. The van der Waals surface area contributed by atoms with Gasteiger partial charge in [-0.1, -0.05) is 40.2 Å². The lowest BCUT2D eigenvalue weighted by Crippen LogP contribution is -2.24. The third kappa shape index (κ3) is 14.2. The molecule has 12 nitrogen and oxygen atoms in total. The van der Waals surface area contributed by atoms with Gasteiger partial charge in [-0.2, -0.15) is 0 Å². The molecule has 0 spiro atoms. The number of likely N-dealkylation sites (tertiary alicyclic amines) is 1. The Morgan fingerprint density at radius 3 is 1.31 bits per heavy atom. The lowest BCUT2D eigenvalue weighted by atomic mass is 9.98. The van der Waals surface area contributed by atoms with Crippen molar-refractivity contribution in [2.75, 3.05) is 41.5 Å². The lowest BCUT2D eigenvalue weighted by molar-refractivity contribution is -0.128. The molecule has 6 fully saturated rings. The zero-order chi connectivity index (χ0) is 49.5. The Labute approximate surface area is 429 Å². The number of carbonyl (C=O) groups excluding carboxylic acids is 2. The molecule has 2 atom stereocenters. The van der Waals surface area contributed by atoms with Gasteiger partial charge in [0.25, 0.3) is 0 Å². The van der Waals surface area contributed by atoms with E-state index in [1.54, 1.807) is 28.4 Å². The van der Waals surface area contributed by atoms with Crippen LogP contribution in [0.2, 0.25) is 0 Å². The molecular weight excluding hydrogens is 965 g/mol. The lowest BCUT2D eigenvalue weighted by Gasteiger charge is -2.20. The maximum atomic E-state index is 12.9. The monoisotopic (exact) mass is 1040 g/mol. The largest absolute Gasteiger partial charge is 0.493 e. The molecule has 10 rings (SSSR count). The molecule has 71 heavy (non-hydrogen) atoms. The molecule has 2 aliphatic heterocycles. The highest BCUT2D eigenvalue weighted by atomic mass is 79.9. The molecule has 4 aromatic rings. The van der Waals surface area contributed by atoms with E-state index < -0.39 is 0 Å². The minimum absolute atomic E-state index is 0.129. The summed E-state index contributed by atoms with van der Waals surface area (Å²) in [5, 5.41) is 3.72. The number of carbonyl (C=O) groups is 2. The van der Waals surface area contributed by atoms with E-state index in [0.717, 1.165) is 107 Å². The minimum atomic E-state index is 0.129. The molecule has 2 heterocycles. The smallest absolute Gasteiger partial charge is 0.223 e. The van der Waals surface area contributed by atoms with Crippen LogP contribution in [0.15, 0.2) is 72.8 Å². The average Bonchev–Trinajstić information content (AvgIpc) is 4.27. The number of halogens is 1. The van der Waals surface area contributed by atoms with E-state index in [9.17, 15) is 9.59 Å². The van der Waals surface area contributed by atoms with Crippen LogP contribution in [0, 0.1) is 0 Å². The molecule has 1 N–H and O–H groups in total. The molecule has 13 heteroatoms. The summed E-state index contributed by atoms with van der Waals surface area (Å²) < 4.78 is 46.4. The van der Waals surface area contributed by atoms with E-state index in [-0.39, 0.29) is 35.9 Å². The van der Waals surface area contributed by atoms with Gasteiger partial charge in [-0.15, -0.1) is 0 Å². The molecule has 2 unspecified atom stereocenters. The second-order valence-electron chi connectivity index (χ2n) is 19.9. The maximum absolute atomic E-state index is 12.9. The number of methoxy groups -OCH3 is 4. The number of nitrogens with one attached hydrogen (secondary N) is 1. The quantitative estimate of drug-likeness (QED) is 0.102. The second kappa shape index (κ2) is 25.9. The van der Waals surface area contributed by atoms with Crippen LogP contribution in [0.25, 0.3) is 0 Å². The summed E-state index contributed by atoms with van der Waals surface area (Å²) >= 11 is 3.44. The first-order valence-electron chi connectivity index (χ1n) is 26.2. The van der Waals surface area contributed by atoms with Crippen molar-refractivity contribution in [3.8, 4) is 46.0 Å². The summed E-state index contributed by atoms with van der Waals surface area (Å²) in [5.74, 6) is 7.09. The summed E-state index contributed by atoms with van der Waals surface area (Å²) in [6.45, 7) is 1.97. The second-order valence-corrected chi connectivity index (χ2v) is 20.5. The van der Waals surface area contributed by atoms with Gasteiger partial charge in [0.2, 0.25) is 11.8 Å². The van der Waals surface area contributed by atoms with Crippen molar-refractivity contribution >= 4 is 27.7 Å². The van der Waals surface area contributed by atoms with E-state index in [4.69, 9.17) is 37.9 Å². The van der Waals surface area contributed by atoms with Gasteiger partial charge in [0.15, 0.2) is 46.0 Å². The topological polar surface area (TPSA) is 123 Å². The van der Waals surface area contributed by atoms with Crippen LogP contribution in [-0.2, 0) is 21.5 Å². The number of ether oxygens (including phenoxy) is 8. The summed E-state index contributed by atoms with van der Waals surface area (Å²) in [4.78, 5) is 26.2. The van der Waals surface area contributed by atoms with E-state index in [1.807, 2.05) is 59.5 Å². The van der Waals surface area contributed by atoms with E-state index in [0.29, 0.717) is 44.7 Å². The van der Waals surface area contributed by atoms with Crippen molar-refractivity contribution in [3.63, 3.8) is 0 Å². The molecule has 384 valence electrons. The van der Waals surface area contributed by atoms with Crippen LogP contribution in [0.1, 0.15) is 150 Å². The fourth-order valence-electron chi connectivity index (χ4n) is 10.8. The van der Waals surface area contributed by atoms with Gasteiger partial charge < -0.3 is 48.1 Å². The number of nitrogens with zero attached hydrogens (tertiary/aromatic N) is 1. The summed E-state index contributed by atoms with van der Waals surface area (Å²) in [7, 11) is 6.70. The highest BCUT2D eigenvalue weighted by Gasteiger charge is 2.32. The first kappa shape index (κ1) is 52.0. The number of benzene rings is 4. The Kier molecular flexibility index (Phi) is 19.0. The van der Waals surface area contributed by atoms with Gasteiger partial charge in [0.1, 0.15) is 0 Å². The van der Waals surface area contributed by atoms with Crippen LogP contribution in [0.5, 0.6) is 46.0 Å². The molecule has 0 aromatic heterocycles. The van der Waals surface area contributed by atoms with Crippen molar-refractivity contribution in [2.24, 2.45) is 0 Å². The number of hydrogen-bond donors (Lipinski definition) is 1. The predicted octanol–water partition coefficient (Wildman–Crippen LogP) is 12.4. The van der Waals surface area contributed by atoms with Gasteiger partial charge in [-0.05, 0) is 174 Å². The van der Waals surface area contributed by atoms with Crippen LogP contribution < -0.4 is 43.2 Å². The van der Waals surface area contributed by atoms with Crippen molar-refractivity contribution in [2.45, 2.75) is 164 Å². The first-order chi connectivity index (χ1) is 34.7. The van der Waals surface area contributed by atoms with Gasteiger partial charge in [0.05, 0.1) is 52.9 Å². The average molecular weight is 1040 g/mol. The highest BCUT2D eigenvalue weighted by molar-refractivity contribution is 9.08. The third-order valence-corrected chi connectivity index (χ3v) is 15.5. The van der Waals surface area contributed by atoms with Gasteiger partial charge in [0, 0.05) is 49.6 Å². The number of amides is 2. The van der Waals surface area contributed by atoms with Gasteiger partial charge in [-0.3, -0.25) is 9.59 Å². The zero-order valence-electron chi connectivity index (χ0n) is 42.4. The standard InChI is InChI=1S/C29H37NO5.C16H21NO3.C13H17BrO2/c1-32-25-14-12-21(16-28(25)35-24-9-5-6-10-24)22-17-29(31)30(19-22)18-20-11-13-26(27(15-20)33-2)34-23-7-3-4-8-23;1-19-14-7-6-11(12-9-16(18)17-10-12)8-15(14)20-13-4-2-3-5-13;1-15-13-8-10(9-14)6-7-12(13)16-11-4-2-3-5-11/h11-16,22-24H,3-10,17-19H2,1-2H3;6-8,12-13H,2-5,9-10H2,1H3,(H,17,18);6-8,11H,2-5,9H2,1H3. The number of hydrogen-bond acceptors (Lipinski definition) is 10. The third-order valence-electron chi connectivity index (χ3n) is 14.9. The van der Waals surface area contributed by atoms with Crippen molar-refractivity contribution in [3.05, 3.63) is 95.1 Å². The number of rotatable bonds is 17. The van der Waals surface area contributed by atoms with Crippen molar-refractivity contribution in [1.82, 2.24) is 10.2 Å². The Balaban J connectivity index is 0.000000158. The molecular formula is C58H75BrN2O10. The molecule has 4 saturated carbocycles. The number of alkyl halides is 1. The Morgan fingerprint density at radius 2 is 0.887 bits per heavy atom. The van der Waals surface area contributed by atoms with Crippen molar-refractivity contribution in [1.29, 1.82) is 0 Å². The Morgan fingerprint density at radius 1 is 0.479 bits per heavy atom. The zero-order valence-corrected chi connectivity index (χ0v) is 43.9. The molecule has 4 aromatic carbocycles.